The van der Waals surface area contributed by atoms with E-state index in [9.17, 15) is 0 Å². The van der Waals surface area contributed by atoms with Crippen molar-refractivity contribution in [3.8, 4) is 0 Å². The number of nitrogens with one attached hydrogen (secondary N) is 1. The summed E-state index contributed by atoms with van der Waals surface area (Å²) in [6.45, 7) is 5.10. The van der Waals surface area contributed by atoms with Crippen LogP contribution < -0.4 is 5.32 Å². The van der Waals surface area contributed by atoms with Gasteiger partial charge in [-0.25, -0.2) is 0 Å². The molecule has 1 N–H and O–H groups in total. The highest BCUT2D eigenvalue weighted by Gasteiger charge is 1.99. The number of hydrogen-bond acceptors (Lipinski definition) is 1. The largest absolute Gasteiger partial charge is 0.381 e. The Bertz CT molecular complexity index is 520. The smallest absolute Gasteiger partial charge is 0.0400 e. The Morgan fingerprint density at radius 1 is 1.06 bits per heavy atom. The van der Waals surface area contributed by atoms with Crippen LogP contribution in [0.2, 0.25) is 0 Å². The monoisotopic (exact) mass is 289 g/mol. The second-order valence-electron chi connectivity index (χ2n) is 4.30. The number of anilines is 1. The van der Waals surface area contributed by atoms with Crippen LogP contribution in [0.4, 0.5) is 5.69 Å². The number of benzene rings is 2. The lowest BCUT2D eigenvalue weighted by Gasteiger charge is -2.10. The third-order valence-corrected chi connectivity index (χ3v) is 3.26. The van der Waals surface area contributed by atoms with Gasteiger partial charge in [0.15, 0.2) is 0 Å². The van der Waals surface area contributed by atoms with E-state index in [2.05, 4.69) is 77.6 Å². The number of rotatable bonds is 3. The molecule has 17 heavy (non-hydrogen) atoms. The van der Waals surface area contributed by atoms with Gasteiger partial charge in [-0.15, -0.1) is 0 Å². The first-order valence-corrected chi connectivity index (χ1v) is 6.50. The Morgan fingerprint density at radius 3 is 2.65 bits per heavy atom. The zero-order chi connectivity index (χ0) is 12.3. The number of aryl methyl sites for hydroxylation is 2. The summed E-state index contributed by atoms with van der Waals surface area (Å²) in [6.07, 6.45) is 0. The molecule has 0 heterocycles. The molecule has 0 saturated carbocycles. The molecule has 2 heteroatoms. The van der Waals surface area contributed by atoms with Gasteiger partial charge in [-0.05, 0) is 37.1 Å². The Kier molecular flexibility index (Phi) is 3.85. The minimum absolute atomic E-state index is 0.860. The molecule has 2 aromatic carbocycles. The molecule has 1 nitrogen and oxygen atoms in total. The maximum Gasteiger partial charge on any atom is 0.0400 e. The van der Waals surface area contributed by atoms with E-state index in [4.69, 9.17) is 0 Å². The number of hydrogen-bond donors (Lipinski definition) is 1. The molecule has 0 amide bonds. The molecular formula is C15H16BrN. The molecule has 2 aromatic rings. The SMILES string of the molecule is Cc1cccc(CNc2cc(Br)ccc2C)c1. The van der Waals surface area contributed by atoms with Gasteiger partial charge in [0.25, 0.3) is 0 Å². The van der Waals surface area contributed by atoms with E-state index in [0.29, 0.717) is 0 Å². The van der Waals surface area contributed by atoms with Gasteiger partial charge in [0, 0.05) is 16.7 Å². The van der Waals surface area contributed by atoms with Crippen molar-refractivity contribution in [1.29, 1.82) is 0 Å². The van der Waals surface area contributed by atoms with Gasteiger partial charge in [0.05, 0.1) is 0 Å². The minimum atomic E-state index is 0.860. The fourth-order valence-electron chi connectivity index (χ4n) is 1.80. The van der Waals surface area contributed by atoms with Crippen LogP contribution in [0.25, 0.3) is 0 Å². The van der Waals surface area contributed by atoms with Crippen molar-refractivity contribution in [2.75, 3.05) is 5.32 Å². The van der Waals surface area contributed by atoms with Crippen molar-refractivity contribution in [3.63, 3.8) is 0 Å². The van der Waals surface area contributed by atoms with E-state index in [1.807, 2.05) is 0 Å². The normalized spacial score (nSPS) is 10.3. The number of halogens is 1. The van der Waals surface area contributed by atoms with Crippen LogP contribution in [0.3, 0.4) is 0 Å². The molecule has 0 aliphatic carbocycles. The molecule has 0 fully saturated rings. The molecule has 0 bridgehead atoms. The Balaban J connectivity index is 2.09. The van der Waals surface area contributed by atoms with Crippen LogP contribution in [0.15, 0.2) is 46.9 Å². The quantitative estimate of drug-likeness (QED) is 0.865. The van der Waals surface area contributed by atoms with E-state index < -0.39 is 0 Å². The topological polar surface area (TPSA) is 12.0 Å². The van der Waals surface area contributed by atoms with Crippen LogP contribution in [-0.4, -0.2) is 0 Å². The molecule has 0 saturated heterocycles. The van der Waals surface area contributed by atoms with Crippen molar-refractivity contribution >= 4 is 21.6 Å². The molecule has 0 aromatic heterocycles. The van der Waals surface area contributed by atoms with E-state index in [1.165, 1.54) is 22.4 Å². The lowest BCUT2D eigenvalue weighted by Crippen LogP contribution is -2.01. The van der Waals surface area contributed by atoms with Crippen molar-refractivity contribution in [2.45, 2.75) is 20.4 Å². The van der Waals surface area contributed by atoms with E-state index in [-0.39, 0.29) is 0 Å². The molecule has 0 spiro atoms. The lowest BCUT2D eigenvalue weighted by molar-refractivity contribution is 1.13. The molecule has 0 radical (unpaired) electrons. The van der Waals surface area contributed by atoms with Crippen LogP contribution >= 0.6 is 15.9 Å². The molecule has 0 atom stereocenters. The maximum atomic E-state index is 3.49. The average Bonchev–Trinajstić information content (AvgIpc) is 2.30. The highest BCUT2D eigenvalue weighted by atomic mass is 79.9. The second-order valence-corrected chi connectivity index (χ2v) is 5.22. The van der Waals surface area contributed by atoms with Gasteiger partial charge in [0.1, 0.15) is 0 Å². The van der Waals surface area contributed by atoms with Crippen LogP contribution in [0, 0.1) is 13.8 Å². The molecule has 0 unspecified atom stereocenters. The Morgan fingerprint density at radius 2 is 1.88 bits per heavy atom. The van der Waals surface area contributed by atoms with Crippen molar-refractivity contribution in [1.82, 2.24) is 0 Å². The molecule has 0 aliphatic heterocycles. The van der Waals surface area contributed by atoms with Crippen molar-refractivity contribution in [3.05, 3.63) is 63.6 Å². The summed E-state index contributed by atoms with van der Waals surface area (Å²) >= 11 is 3.49. The van der Waals surface area contributed by atoms with Crippen molar-refractivity contribution < 1.29 is 0 Å². The zero-order valence-electron chi connectivity index (χ0n) is 10.1. The van der Waals surface area contributed by atoms with Gasteiger partial charge in [0.2, 0.25) is 0 Å². The zero-order valence-corrected chi connectivity index (χ0v) is 11.7. The summed E-state index contributed by atoms with van der Waals surface area (Å²) in [5.74, 6) is 0. The van der Waals surface area contributed by atoms with Crippen molar-refractivity contribution in [2.24, 2.45) is 0 Å². The Labute approximate surface area is 111 Å². The van der Waals surface area contributed by atoms with Gasteiger partial charge >= 0.3 is 0 Å². The maximum absolute atomic E-state index is 3.49. The van der Waals surface area contributed by atoms with Gasteiger partial charge < -0.3 is 5.32 Å². The summed E-state index contributed by atoms with van der Waals surface area (Å²) in [4.78, 5) is 0. The summed E-state index contributed by atoms with van der Waals surface area (Å²) in [5, 5.41) is 3.47. The van der Waals surface area contributed by atoms with Gasteiger partial charge in [-0.2, -0.15) is 0 Å². The van der Waals surface area contributed by atoms with E-state index in [1.54, 1.807) is 0 Å². The van der Waals surface area contributed by atoms with E-state index in [0.717, 1.165) is 11.0 Å². The minimum Gasteiger partial charge on any atom is -0.381 e. The molecule has 88 valence electrons. The second kappa shape index (κ2) is 5.37. The van der Waals surface area contributed by atoms with Gasteiger partial charge in [-0.3, -0.25) is 0 Å². The Hall–Kier alpha value is -1.28. The fraction of sp³-hybridized carbons (Fsp3) is 0.200. The predicted molar refractivity (Wildman–Crippen MR) is 77.4 cm³/mol. The highest BCUT2D eigenvalue weighted by Crippen LogP contribution is 2.21. The average molecular weight is 290 g/mol. The standard InChI is InChI=1S/C15H16BrN/c1-11-4-3-5-13(8-11)10-17-15-9-14(16)7-6-12(15)2/h3-9,17H,10H2,1-2H3. The van der Waals surface area contributed by atoms with Crippen LogP contribution in [-0.2, 0) is 6.54 Å². The fourth-order valence-corrected chi connectivity index (χ4v) is 2.17. The first-order valence-electron chi connectivity index (χ1n) is 5.71. The van der Waals surface area contributed by atoms with Crippen LogP contribution in [0.1, 0.15) is 16.7 Å². The van der Waals surface area contributed by atoms with Gasteiger partial charge in [-0.1, -0.05) is 51.8 Å². The summed E-state index contributed by atoms with van der Waals surface area (Å²) in [7, 11) is 0. The molecule has 2 rings (SSSR count). The predicted octanol–water partition coefficient (Wildman–Crippen LogP) is 4.68. The van der Waals surface area contributed by atoms with E-state index >= 15 is 0 Å². The van der Waals surface area contributed by atoms with Crippen LogP contribution in [0.5, 0.6) is 0 Å². The summed E-state index contributed by atoms with van der Waals surface area (Å²) < 4.78 is 1.11. The lowest BCUT2D eigenvalue weighted by atomic mass is 10.1. The first-order chi connectivity index (χ1) is 8.15. The molecular weight excluding hydrogens is 274 g/mol. The third-order valence-electron chi connectivity index (χ3n) is 2.77. The summed E-state index contributed by atoms with van der Waals surface area (Å²) in [5.41, 5.74) is 5.06. The first kappa shape index (κ1) is 12.2. The molecule has 0 aliphatic rings. The third kappa shape index (κ3) is 3.34. The highest BCUT2D eigenvalue weighted by molar-refractivity contribution is 9.10. The summed E-state index contributed by atoms with van der Waals surface area (Å²) in [6, 6.07) is 14.9.